The summed E-state index contributed by atoms with van der Waals surface area (Å²) >= 11 is 1.63. The number of aromatic nitrogens is 3. The summed E-state index contributed by atoms with van der Waals surface area (Å²) in [6.45, 7) is 3.92. The monoisotopic (exact) mass is 316 g/mol. The van der Waals surface area contributed by atoms with Gasteiger partial charge in [-0.15, -0.1) is 11.3 Å². The quantitative estimate of drug-likeness (QED) is 0.820. The van der Waals surface area contributed by atoms with Crippen molar-refractivity contribution in [3.8, 4) is 10.8 Å². The van der Waals surface area contributed by atoms with Gasteiger partial charge >= 0.3 is 0 Å². The summed E-state index contributed by atoms with van der Waals surface area (Å²) in [6, 6.07) is 2.58. The Morgan fingerprint density at radius 2 is 2.09 bits per heavy atom. The molecule has 2 fully saturated rings. The second-order valence-corrected chi connectivity index (χ2v) is 6.96. The molecule has 2 aliphatic rings. The first-order valence-electron chi connectivity index (χ1n) is 7.92. The highest BCUT2D eigenvalue weighted by Crippen LogP contribution is 2.31. The fraction of sp³-hybridized carbons (Fsp3) is 0.562. The minimum atomic E-state index is 0.691. The van der Waals surface area contributed by atoms with E-state index in [2.05, 4.69) is 20.2 Å². The standard InChI is InChI=1S/C16H20N4OS/c1-5-17-15(18-6-1)16-19-13(11-22-16)9-20(14-2-3-14)8-12-4-7-21-10-12/h1,5-6,11-12,14H,2-4,7-10H2. The zero-order valence-electron chi connectivity index (χ0n) is 12.5. The molecule has 1 saturated heterocycles. The van der Waals surface area contributed by atoms with Crippen LogP contribution in [-0.2, 0) is 11.3 Å². The van der Waals surface area contributed by atoms with E-state index in [1.165, 1.54) is 19.3 Å². The average molecular weight is 316 g/mol. The molecule has 1 aliphatic carbocycles. The van der Waals surface area contributed by atoms with Crippen molar-refractivity contribution in [1.82, 2.24) is 19.9 Å². The van der Waals surface area contributed by atoms with Gasteiger partial charge in [-0.25, -0.2) is 15.0 Å². The van der Waals surface area contributed by atoms with Gasteiger partial charge in [-0.3, -0.25) is 4.90 Å². The SMILES string of the molecule is c1cnc(-c2nc(CN(CC3CCOC3)C3CC3)cs2)nc1. The van der Waals surface area contributed by atoms with Crippen LogP contribution in [0, 0.1) is 5.92 Å². The normalized spacial score (nSPS) is 21.6. The molecule has 1 unspecified atom stereocenters. The van der Waals surface area contributed by atoms with Crippen molar-refractivity contribution < 1.29 is 4.74 Å². The molecule has 3 heterocycles. The van der Waals surface area contributed by atoms with Crippen molar-refractivity contribution in [2.45, 2.75) is 31.8 Å². The molecule has 1 saturated carbocycles. The van der Waals surface area contributed by atoms with Crippen LogP contribution in [0.2, 0.25) is 0 Å². The lowest BCUT2D eigenvalue weighted by Crippen LogP contribution is -2.31. The van der Waals surface area contributed by atoms with E-state index < -0.39 is 0 Å². The van der Waals surface area contributed by atoms with Crippen LogP contribution < -0.4 is 0 Å². The third-order valence-corrected chi connectivity index (χ3v) is 5.14. The molecular weight excluding hydrogens is 296 g/mol. The van der Waals surface area contributed by atoms with Crippen LogP contribution in [-0.4, -0.2) is 45.7 Å². The Labute approximate surface area is 134 Å². The molecule has 116 valence electrons. The van der Waals surface area contributed by atoms with Crippen molar-refractivity contribution in [2.24, 2.45) is 5.92 Å². The highest BCUT2D eigenvalue weighted by atomic mass is 32.1. The van der Waals surface area contributed by atoms with E-state index in [1.54, 1.807) is 23.7 Å². The number of thiazole rings is 1. The first-order valence-corrected chi connectivity index (χ1v) is 8.80. The summed E-state index contributed by atoms with van der Waals surface area (Å²) in [5, 5.41) is 3.06. The molecule has 5 nitrogen and oxygen atoms in total. The fourth-order valence-electron chi connectivity index (χ4n) is 2.94. The Bertz CT molecular complexity index is 608. The van der Waals surface area contributed by atoms with E-state index in [4.69, 9.17) is 9.72 Å². The van der Waals surface area contributed by atoms with Gasteiger partial charge in [-0.2, -0.15) is 0 Å². The second-order valence-electron chi connectivity index (χ2n) is 6.11. The largest absolute Gasteiger partial charge is 0.381 e. The molecule has 0 bridgehead atoms. The zero-order chi connectivity index (χ0) is 14.8. The fourth-order valence-corrected chi connectivity index (χ4v) is 3.70. The summed E-state index contributed by atoms with van der Waals surface area (Å²) in [6.07, 6.45) is 7.38. The summed E-state index contributed by atoms with van der Waals surface area (Å²) < 4.78 is 5.51. The maximum absolute atomic E-state index is 5.51. The highest BCUT2D eigenvalue weighted by molar-refractivity contribution is 7.13. The number of nitrogens with zero attached hydrogens (tertiary/aromatic N) is 4. The first-order chi connectivity index (χ1) is 10.9. The lowest BCUT2D eigenvalue weighted by atomic mass is 10.1. The van der Waals surface area contributed by atoms with Crippen LogP contribution in [0.5, 0.6) is 0 Å². The molecule has 1 atom stereocenters. The molecule has 0 aromatic carbocycles. The predicted octanol–water partition coefficient (Wildman–Crippen LogP) is 2.60. The molecule has 0 radical (unpaired) electrons. The molecule has 6 heteroatoms. The van der Waals surface area contributed by atoms with Crippen molar-refractivity contribution in [3.05, 3.63) is 29.5 Å². The Hall–Kier alpha value is -1.37. The zero-order valence-corrected chi connectivity index (χ0v) is 13.3. The minimum Gasteiger partial charge on any atom is -0.381 e. The van der Waals surface area contributed by atoms with Gasteiger partial charge < -0.3 is 4.74 Å². The number of ether oxygens (including phenoxy) is 1. The van der Waals surface area contributed by atoms with Crippen LogP contribution in [0.1, 0.15) is 25.0 Å². The molecule has 22 heavy (non-hydrogen) atoms. The van der Waals surface area contributed by atoms with Crippen molar-refractivity contribution >= 4 is 11.3 Å². The smallest absolute Gasteiger partial charge is 0.188 e. The lowest BCUT2D eigenvalue weighted by Gasteiger charge is -2.23. The van der Waals surface area contributed by atoms with Gasteiger partial charge in [0.05, 0.1) is 12.3 Å². The van der Waals surface area contributed by atoms with E-state index in [0.29, 0.717) is 5.92 Å². The van der Waals surface area contributed by atoms with Crippen LogP contribution in [0.25, 0.3) is 10.8 Å². The van der Waals surface area contributed by atoms with Crippen molar-refractivity contribution in [2.75, 3.05) is 19.8 Å². The summed E-state index contributed by atoms with van der Waals surface area (Å²) in [5.74, 6) is 1.41. The van der Waals surface area contributed by atoms with Crippen LogP contribution in [0.3, 0.4) is 0 Å². The topological polar surface area (TPSA) is 51.1 Å². The molecule has 0 N–H and O–H groups in total. The van der Waals surface area contributed by atoms with Crippen LogP contribution >= 0.6 is 11.3 Å². The molecule has 0 amide bonds. The summed E-state index contributed by atoms with van der Waals surface area (Å²) in [4.78, 5) is 15.9. The van der Waals surface area contributed by atoms with E-state index in [9.17, 15) is 0 Å². The van der Waals surface area contributed by atoms with Crippen molar-refractivity contribution in [3.63, 3.8) is 0 Å². The van der Waals surface area contributed by atoms with E-state index in [-0.39, 0.29) is 0 Å². The lowest BCUT2D eigenvalue weighted by molar-refractivity contribution is 0.161. The molecule has 2 aromatic heterocycles. The molecule has 1 aliphatic heterocycles. The second kappa shape index (κ2) is 6.40. The number of hydrogen-bond donors (Lipinski definition) is 0. The van der Waals surface area contributed by atoms with Gasteiger partial charge in [0.1, 0.15) is 0 Å². The third kappa shape index (κ3) is 3.34. The molecule has 0 spiro atoms. The van der Waals surface area contributed by atoms with Gasteiger partial charge in [0.15, 0.2) is 10.8 Å². The minimum absolute atomic E-state index is 0.691. The summed E-state index contributed by atoms with van der Waals surface area (Å²) in [7, 11) is 0. The first kappa shape index (κ1) is 14.2. The van der Waals surface area contributed by atoms with E-state index in [1.807, 2.05) is 6.07 Å². The van der Waals surface area contributed by atoms with Gasteiger partial charge in [-0.1, -0.05) is 0 Å². The van der Waals surface area contributed by atoms with Gasteiger partial charge in [0.25, 0.3) is 0 Å². The third-order valence-electron chi connectivity index (χ3n) is 4.25. The Kier molecular flexibility index (Phi) is 4.14. The van der Waals surface area contributed by atoms with Gasteiger partial charge in [0.2, 0.25) is 0 Å². The highest BCUT2D eigenvalue weighted by Gasteiger charge is 2.32. The average Bonchev–Trinajstić information content (AvgIpc) is 3.08. The van der Waals surface area contributed by atoms with Gasteiger partial charge in [-0.05, 0) is 31.2 Å². The Balaban J connectivity index is 1.43. The van der Waals surface area contributed by atoms with Crippen LogP contribution in [0.15, 0.2) is 23.8 Å². The Morgan fingerprint density at radius 3 is 2.82 bits per heavy atom. The van der Waals surface area contributed by atoms with E-state index in [0.717, 1.165) is 48.9 Å². The number of hydrogen-bond acceptors (Lipinski definition) is 6. The van der Waals surface area contributed by atoms with Crippen LogP contribution in [0.4, 0.5) is 0 Å². The molecular formula is C16H20N4OS. The maximum Gasteiger partial charge on any atom is 0.188 e. The van der Waals surface area contributed by atoms with Crippen molar-refractivity contribution in [1.29, 1.82) is 0 Å². The molecule has 2 aromatic rings. The van der Waals surface area contributed by atoms with Gasteiger partial charge in [0, 0.05) is 43.5 Å². The van der Waals surface area contributed by atoms with E-state index >= 15 is 0 Å². The number of rotatable bonds is 6. The maximum atomic E-state index is 5.51. The predicted molar refractivity (Wildman–Crippen MR) is 85.5 cm³/mol. The Morgan fingerprint density at radius 1 is 1.23 bits per heavy atom. The summed E-state index contributed by atoms with van der Waals surface area (Å²) in [5.41, 5.74) is 1.14. The molecule has 4 rings (SSSR count).